The van der Waals surface area contributed by atoms with Gasteiger partial charge in [0.25, 0.3) is 0 Å². The Balaban J connectivity index is 0.00000392. The van der Waals surface area contributed by atoms with Crippen molar-refractivity contribution in [3.63, 3.8) is 0 Å². The number of rotatable bonds is 7. The van der Waals surface area contributed by atoms with E-state index in [0.29, 0.717) is 18.1 Å². The van der Waals surface area contributed by atoms with Crippen molar-refractivity contribution in [1.29, 1.82) is 0 Å². The number of halogens is 4. The monoisotopic (exact) mass is 515 g/mol. The van der Waals surface area contributed by atoms with Crippen LogP contribution in [0.3, 0.4) is 0 Å². The van der Waals surface area contributed by atoms with Crippen molar-refractivity contribution in [2.24, 2.45) is 4.99 Å². The molecule has 10 heteroatoms. The second kappa shape index (κ2) is 12.3. The summed E-state index contributed by atoms with van der Waals surface area (Å²) in [7, 11) is 1.63. The van der Waals surface area contributed by atoms with Crippen molar-refractivity contribution >= 4 is 29.9 Å². The number of nitrogens with one attached hydrogen (secondary N) is 2. The van der Waals surface area contributed by atoms with Gasteiger partial charge < -0.3 is 20.3 Å². The maximum atomic E-state index is 12.5. The third-order valence-corrected chi connectivity index (χ3v) is 4.50. The standard InChI is InChI=1S/C18H28F3N5O.HI/c1-3-25-10-12-26(13-11-25)9-8-23-17(22-2)24-14-15-6-4-5-7-16(15)27-18(19,20)21;/h4-7H,3,8-14H2,1-2H3,(H2,22,23,24);1H. The summed E-state index contributed by atoms with van der Waals surface area (Å²) in [6, 6.07) is 6.08. The molecule has 6 nitrogen and oxygen atoms in total. The van der Waals surface area contributed by atoms with Crippen LogP contribution in [0.15, 0.2) is 29.3 Å². The molecule has 1 saturated heterocycles. The van der Waals surface area contributed by atoms with E-state index < -0.39 is 6.36 Å². The first-order valence-corrected chi connectivity index (χ1v) is 9.14. The van der Waals surface area contributed by atoms with E-state index in [4.69, 9.17) is 0 Å². The lowest BCUT2D eigenvalue weighted by molar-refractivity contribution is -0.274. The molecule has 2 rings (SSSR count). The first-order chi connectivity index (χ1) is 12.9. The highest BCUT2D eigenvalue weighted by Gasteiger charge is 2.31. The molecule has 28 heavy (non-hydrogen) atoms. The number of aliphatic imine (C=N–C) groups is 1. The zero-order chi connectivity index (χ0) is 19.7. The molecule has 1 aliphatic rings. The second-order valence-corrected chi connectivity index (χ2v) is 6.28. The first-order valence-electron chi connectivity index (χ1n) is 9.14. The van der Waals surface area contributed by atoms with Crippen molar-refractivity contribution in [1.82, 2.24) is 20.4 Å². The van der Waals surface area contributed by atoms with Crippen LogP contribution in [0.1, 0.15) is 12.5 Å². The number of para-hydroxylation sites is 1. The summed E-state index contributed by atoms with van der Waals surface area (Å²) >= 11 is 0. The predicted molar refractivity (Wildman–Crippen MR) is 115 cm³/mol. The number of hydrogen-bond acceptors (Lipinski definition) is 4. The van der Waals surface area contributed by atoms with Gasteiger partial charge in [-0.1, -0.05) is 25.1 Å². The maximum absolute atomic E-state index is 12.5. The Morgan fingerprint density at radius 2 is 1.75 bits per heavy atom. The van der Waals surface area contributed by atoms with Crippen LogP contribution in [0, 0.1) is 0 Å². The highest BCUT2D eigenvalue weighted by molar-refractivity contribution is 14.0. The van der Waals surface area contributed by atoms with E-state index in [1.807, 2.05) is 0 Å². The summed E-state index contributed by atoms with van der Waals surface area (Å²) in [6.45, 7) is 9.30. The van der Waals surface area contributed by atoms with Gasteiger partial charge in [0.15, 0.2) is 5.96 Å². The minimum absolute atomic E-state index is 0. The Morgan fingerprint density at radius 3 is 2.36 bits per heavy atom. The SMILES string of the molecule is CCN1CCN(CCNC(=NC)NCc2ccccc2OC(F)(F)F)CC1.I. The number of benzene rings is 1. The zero-order valence-corrected chi connectivity index (χ0v) is 18.6. The van der Waals surface area contributed by atoms with Gasteiger partial charge in [0.1, 0.15) is 5.75 Å². The van der Waals surface area contributed by atoms with E-state index >= 15 is 0 Å². The molecule has 0 atom stereocenters. The molecule has 0 bridgehead atoms. The number of alkyl halides is 3. The van der Waals surface area contributed by atoms with E-state index in [-0.39, 0.29) is 36.3 Å². The molecule has 1 aromatic rings. The number of guanidine groups is 1. The Kier molecular flexibility index (Phi) is 10.9. The number of likely N-dealkylation sites (N-methyl/N-ethyl adjacent to an activating group) is 1. The fourth-order valence-corrected chi connectivity index (χ4v) is 2.94. The molecular formula is C18H29F3IN5O. The summed E-state index contributed by atoms with van der Waals surface area (Å²) in [6.07, 6.45) is -4.71. The molecule has 0 unspecified atom stereocenters. The number of piperazine rings is 1. The van der Waals surface area contributed by atoms with Gasteiger partial charge in [-0.05, 0) is 12.6 Å². The average Bonchev–Trinajstić information content (AvgIpc) is 2.65. The van der Waals surface area contributed by atoms with Crippen molar-refractivity contribution < 1.29 is 17.9 Å². The van der Waals surface area contributed by atoms with Crippen LogP contribution < -0.4 is 15.4 Å². The van der Waals surface area contributed by atoms with E-state index in [1.54, 1.807) is 19.2 Å². The van der Waals surface area contributed by atoms with Gasteiger partial charge in [0.2, 0.25) is 0 Å². The van der Waals surface area contributed by atoms with Crippen LogP contribution in [-0.2, 0) is 6.54 Å². The average molecular weight is 515 g/mol. The summed E-state index contributed by atoms with van der Waals surface area (Å²) in [5, 5.41) is 6.23. The summed E-state index contributed by atoms with van der Waals surface area (Å²) < 4.78 is 41.5. The zero-order valence-electron chi connectivity index (χ0n) is 16.3. The molecule has 1 aliphatic heterocycles. The summed E-state index contributed by atoms with van der Waals surface area (Å²) in [5.41, 5.74) is 0.411. The lowest BCUT2D eigenvalue weighted by Gasteiger charge is -2.34. The van der Waals surface area contributed by atoms with Crippen LogP contribution in [0.2, 0.25) is 0 Å². The molecule has 0 spiro atoms. The second-order valence-electron chi connectivity index (χ2n) is 6.28. The molecular weight excluding hydrogens is 486 g/mol. The maximum Gasteiger partial charge on any atom is 0.573 e. The molecule has 0 aromatic heterocycles. The smallest absolute Gasteiger partial charge is 0.405 e. The lowest BCUT2D eigenvalue weighted by Crippen LogP contribution is -2.49. The van der Waals surface area contributed by atoms with E-state index in [1.165, 1.54) is 12.1 Å². The largest absolute Gasteiger partial charge is 0.573 e. The quantitative estimate of drug-likeness (QED) is 0.332. The fraction of sp³-hybridized carbons (Fsp3) is 0.611. The number of hydrogen-bond donors (Lipinski definition) is 2. The predicted octanol–water partition coefficient (Wildman–Crippen LogP) is 2.51. The van der Waals surface area contributed by atoms with Gasteiger partial charge in [-0.2, -0.15) is 0 Å². The third kappa shape index (κ3) is 8.82. The van der Waals surface area contributed by atoms with Crippen molar-refractivity contribution in [2.75, 3.05) is 52.9 Å². The summed E-state index contributed by atoms with van der Waals surface area (Å²) in [4.78, 5) is 8.93. The van der Waals surface area contributed by atoms with Crippen LogP contribution in [0.5, 0.6) is 5.75 Å². The Hall–Kier alpha value is -1.27. The van der Waals surface area contributed by atoms with Gasteiger partial charge in [0, 0.05) is 58.4 Å². The van der Waals surface area contributed by atoms with Crippen molar-refractivity contribution in [2.45, 2.75) is 19.8 Å². The molecule has 1 heterocycles. The molecule has 0 amide bonds. The number of nitrogens with zero attached hydrogens (tertiary/aromatic N) is 3. The molecule has 2 N–H and O–H groups in total. The third-order valence-electron chi connectivity index (χ3n) is 4.50. The summed E-state index contributed by atoms with van der Waals surface area (Å²) in [5.74, 6) is 0.339. The molecule has 160 valence electrons. The highest BCUT2D eigenvalue weighted by Crippen LogP contribution is 2.25. The van der Waals surface area contributed by atoms with Gasteiger partial charge >= 0.3 is 6.36 Å². The van der Waals surface area contributed by atoms with Gasteiger partial charge in [-0.3, -0.25) is 9.89 Å². The number of ether oxygens (including phenoxy) is 1. The van der Waals surface area contributed by atoms with E-state index in [9.17, 15) is 13.2 Å². The molecule has 0 radical (unpaired) electrons. The van der Waals surface area contributed by atoms with Crippen LogP contribution in [0.25, 0.3) is 0 Å². The molecule has 0 saturated carbocycles. The minimum atomic E-state index is -4.71. The highest BCUT2D eigenvalue weighted by atomic mass is 127. The molecule has 1 aromatic carbocycles. The molecule has 1 fully saturated rings. The van der Waals surface area contributed by atoms with Crippen molar-refractivity contribution in [3.05, 3.63) is 29.8 Å². The fourth-order valence-electron chi connectivity index (χ4n) is 2.94. The first kappa shape index (κ1) is 24.8. The van der Waals surface area contributed by atoms with Crippen LogP contribution >= 0.6 is 24.0 Å². The normalized spacial score (nSPS) is 16.4. The van der Waals surface area contributed by atoms with E-state index in [2.05, 4.69) is 37.1 Å². The molecule has 0 aliphatic carbocycles. The van der Waals surface area contributed by atoms with Gasteiger partial charge in [0.05, 0.1) is 0 Å². The lowest BCUT2D eigenvalue weighted by atomic mass is 10.2. The van der Waals surface area contributed by atoms with Crippen LogP contribution in [-0.4, -0.2) is 75.0 Å². The Morgan fingerprint density at radius 1 is 1.11 bits per heavy atom. The van der Waals surface area contributed by atoms with Gasteiger partial charge in [-0.15, -0.1) is 37.1 Å². The topological polar surface area (TPSA) is 52.1 Å². The van der Waals surface area contributed by atoms with Crippen LogP contribution in [0.4, 0.5) is 13.2 Å². The minimum Gasteiger partial charge on any atom is -0.405 e. The Bertz CT molecular complexity index is 607. The van der Waals surface area contributed by atoms with Gasteiger partial charge in [-0.25, -0.2) is 0 Å². The van der Waals surface area contributed by atoms with E-state index in [0.717, 1.165) is 39.3 Å². The Labute approximate surface area is 181 Å². The van der Waals surface area contributed by atoms with Crippen molar-refractivity contribution in [3.8, 4) is 5.75 Å².